The average molecular weight is 425 g/mol. The molecule has 0 spiro atoms. The number of nitrogens with zero attached hydrogens (tertiary/aromatic N) is 4. The van der Waals surface area contributed by atoms with Gasteiger partial charge in [-0.05, 0) is 26.2 Å². The molecule has 3 aromatic rings. The van der Waals surface area contributed by atoms with Gasteiger partial charge in [-0.1, -0.05) is 36.8 Å². The maximum absolute atomic E-state index is 12.7. The molecule has 2 aromatic heterocycles. The number of rotatable bonds is 6. The van der Waals surface area contributed by atoms with Crippen molar-refractivity contribution in [3.8, 4) is 10.6 Å². The van der Waals surface area contributed by atoms with Crippen molar-refractivity contribution in [1.82, 2.24) is 19.0 Å². The molecule has 0 aliphatic carbocycles. The minimum absolute atomic E-state index is 0.0171. The second kappa shape index (κ2) is 9.00. The first-order chi connectivity index (χ1) is 14.5. The van der Waals surface area contributed by atoms with E-state index in [1.165, 1.54) is 10.1 Å². The van der Waals surface area contributed by atoms with E-state index in [1.54, 1.807) is 28.3 Å². The number of thiazole rings is 1. The molecule has 0 bridgehead atoms. The number of benzene rings is 1. The van der Waals surface area contributed by atoms with Crippen LogP contribution in [0.25, 0.3) is 10.6 Å². The highest BCUT2D eigenvalue weighted by atomic mass is 32.1. The third-order valence-electron chi connectivity index (χ3n) is 5.77. The van der Waals surface area contributed by atoms with E-state index in [0.717, 1.165) is 35.5 Å². The number of imidazole rings is 1. The van der Waals surface area contributed by atoms with Crippen LogP contribution in [0.1, 0.15) is 43.4 Å². The van der Waals surface area contributed by atoms with Gasteiger partial charge in [0, 0.05) is 48.9 Å². The molecule has 7 heteroatoms. The fourth-order valence-electron chi connectivity index (χ4n) is 3.96. The molecule has 6 nitrogen and oxygen atoms in total. The van der Waals surface area contributed by atoms with Gasteiger partial charge in [-0.15, -0.1) is 11.3 Å². The van der Waals surface area contributed by atoms with Gasteiger partial charge in [-0.2, -0.15) is 0 Å². The number of piperidine rings is 1. The zero-order valence-electron chi connectivity index (χ0n) is 17.6. The third kappa shape index (κ3) is 4.41. The second-order valence-corrected chi connectivity index (χ2v) is 8.86. The lowest BCUT2D eigenvalue weighted by Crippen LogP contribution is -2.41. The van der Waals surface area contributed by atoms with Gasteiger partial charge in [0.25, 0.3) is 0 Å². The SMILES string of the molecule is CCCn1ccn(CC(=O)N2CCC(c3csc(-c4ccc(C)cc4)n3)CC2)c1=O. The van der Waals surface area contributed by atoms with Crippen molar-refractivity contribution in [1.29, 1.82) is 0 Å². The van der Waals surface area contributed by atoms with Crippen molar-refractivity contribution >= 4 is 17.2 Å². The number of carbonyl (C=O) groups is 1. The van der Waals surface area contributed by atoms with Crippen molar-refractivity contribution in [3.05, 3.63) is 63.8 Å². The maximum Gasteiger partial charge on any atom is 0.328 e. The van der Waals surface area contributed by atoms with Crippen LogP contribution in [0.15, 0.2) is 46.8 Å². The predicted octanol–water partition coefficient (Wildman–Crippen LogP) is 3.90. The van der Waals surface area contributed by atoms with Gasteiger partial charge in [0.2, 0.25) is 5.91 Å². The molecule has 4 rings (SSSR count). The van der Waals surface area contributed by atoms with Crippen molar-refractivity contribution in [2.24, 2.45) is 0 Å². The number of hydrogen-bond acceptors (Lipinski definition) is 4. The van der Waals surface area contributed by atoms with E-state index in [4.69, 9.17) is 4.98 Å². The Balaban J connectivity index is 1.34. The van der Waals surface area contributed by atoms with E-state index in [0.29, 0.717) is 25.6 Å². The zero-order chi connectivity index (χ0) is 21.1. The first-order valence-electron chi connectivity index (χ1n) is 10.6. The summed E-state index contributed by atoms with van der Waals surface area (Å²) in [4.78, 5) is 31.7. The Labute approximate surface area is 180 Å². The van der Waals surface area contributed by atoms with E-state index >= 15 is 0 Å². The predicted molar refractivity (Wildman–Crippen MR) is 120 cm³/mol. The van der Waals surface area contributed by atoms with E-state index < -0.39 is 0 Å². The van der Waals surface area contributed by atoms with Crippen LogP contribution in [0.2, 0.25) is 0 Å². The lowest BCUT2D eigenvalue weighted by molar-refractivity contribution is -0.132. The molecule has 0 N–H and O–H groups in total. The molecule has 0 atom stereocenters. The van der Waals surface area contributed by atoms with E-state index in [9.17, 15) is 9.59 Å². The Bertz CT molecular complexity index is 1060. The number of aromatic nitrogens is 3. The molecule has 1 fully saturated rings. The highest BCUT2D eigenvalue weighted by Crippen LogP contribution is 2.32. The molecule has 3 heterocycles. The maximum atomic E-state index is 12.7. The average Bonchev–Trinajstić information content (AvgIpc) is 3.38. The van der Waals surface area contributed by atoms with Gasteiger partial charge >= 0.3 is 5.69 Å². The van der Waals surface area contributed by atoms with Crippen molar-refractivity contribution < 1.29 is 4.79 Å². The number of hydrogen-bond donors (Lipinski definition) is 0. The van der Waals surface area contributed by atoms with Gasteiger partial charge in [-0.25, -0.2) is 9.78 Å². The summed E-state index contributed by atoms with van der Waals surface area (Å²) >= 11 is 1.69. The lowest BCUT2D eigenvalue weighted by Gasteiger charge is -2.31. The highest BCUT2D eigenvalue weighted by molar-refractivity contribution is 7.13. The summed E-state index contributed by atoms with van der Waals surface area (Å²) in [5.74, 6) is 0.404. The molecule has 1 amide bonds. The van der Waals surface area contributed by atoms with E-state index in [2.05, 4.69) is 36.6 Å². The van der Waals surface area contributed by atoms with Crippen molar-refractivity contribution in [3.63, 3.8) is 0 Å². The van der Waals surface area contributed by atoms with Gasteiger partial charge in [0.15, 0.2) is 0 Å². The summed E-state index contributed by atoms with van der Waals surface area (Å²) in [5, 5.41) is 3.22. The number of amides is 1. The highest BCUT2D eigenvalue weighted by Gasteiger charge is 2.26. The Morgan fingerprint density at radius 2 is 1.83 bits per heavy atom. The number of carbonyl (C=O) groups excluding carboxylic acids is 1. The molecule has 1 saturated heterocycles. The normalized spacial score (nSPS) is 14.9. The van der Waals surface area contributed by atoms with Crippen LogP contribution < -0.4 is 5.69 Å². The van der Waals surface area contributed by atoms with Crippen LogP contribution in [0, 0.1) is 6.92 Å². The third-order valence-corrected chi connectivity index (χ3v) is 6.68. The number of likely N-dealkylation sites (tertiary alicyclic amines) is 1. The summed E-state index contributed by atoms with van der Waals surface area (Å²) in [5.41, 5.74) is 3.43. The molecule has 0 unspecified atom stereocenters. The minimum Gasteiger partial charge on any atom is -0.341 e. The molecule has 1 aliphatic rings. The molecule has 158 valence electrons. The van der Waals surface area contributed by atoms with Crippen LogP contribution in [0.5, 0.6) is 0 Å². The van der Waals surface area contributed by atoms with Crippen molar-refractivity contribution in [2.45, 2.75) is 52.1 Å². The summed E-state index contributed by atoms with van der Waals surface area (Å²) in [6, 6.07) is 8.47. The standard InChI is InChI=1S/C23H28N4O2S/c1-3-10-26-13-14-27(23(26)29)15-21(28)25-11-8-18(9-12-25)20-16-30-22(24-20)19-6-4-17(2)5-7-19/h4-7,13-14,16,18H,3,8-12,15H2,1-2H3. The second-order valence-electron chi connectivity index (χ2n) is 8.00. The molecular weight excluding hydrogens is 396 g/mol. The molecule has 0 radical (unpaired) electrons. The molecular formula is C23H28N4O2S. The Hall–Kier alpha value is -2.67. The van der Waals surface area contributed by atoms with E-state index in [-0.39, 0.29) is 18.1 Å². The fourth-order valence-corrected chi connectivity index (χ4v) is 4.87. The summed E-state index contributed by atoms with van der Waals surface area (Å²) in [6.07, 6.45) is 6.19. The summed E-state index contributed by atoms with van der Waals surface area (Å²) in [7, 11) is 0. The Morgan fingerprint density at radius 1 is 1.13 bits per heavy atom. The minimum atomic E-state index is -0.105. The Morgan fingerprint density at radius 3 is 2.53 bits per heavy atom. The monoisotopic (exact) mass is 424 g/mol. The molecule has 1 aliphatic heterocycles. The topological polar surface area (TPSA) is 60.1 Å². The molecule has 1 aromatic carbocycles. The van der Waals surface area contributed by atoms with Crippen LogP contribution in [-0.2, 0) is 17.9 Å². The quantitative estimate of drug-likeness (QED) is 0.603. The first-order valence-corrected chi connectivity index (χ1v) is 11.5. The van der Waals surface area contributed by atoms with Gasteiger partial charge in [0.1, 0.15) is 11.6 Å². The van der Waals surface area contributed by atoms with Gasteiger partial charge in [-0.3, -0.25) is 13.9 Å². The van der Waals surface area contributed by atoms with Crippen LogP contribution in [0.4, 0.5) is 0 Å². The fraction of sp³-hybridized carbons (Fsp3) is 0.435. The van der Waals surface area contributed by atoms with Gasteiger partial charge in [0.05, 0.1) is 5.69 Å². The van der Waals surface area contributed by atoms with Crippen LogP contribution in [-0.4, -0.2) is 38.0 Å². The summed E-state index contributed by atoms with van der Waals surface area (Å²) < 4.78 is 3.17. The van der Waals surface area contributed by atoms with Crippen molar-refractivity contribution in [2.75, 3.05) is 13.1 Å². The lowest BCUT2D eigenvalue weighted by atomic mass is 9.94. The largest absolute Gasteiger partial charge is 0.341 e. The molecule has 30 heavy (non-hydrogen) atoms. The summed E-state index contributed by atoms with van der Waals surface area (Å²) in [6.45, 7) is 6.35. The smallest absolute Gasteiger partial charge is 0.328 e. The first kappa shape index (κ1) is 20.6. The zero-order valence-corrected chi connectivity index (χ0v) is 18.4. The van der Waals surface area contributed by atoms with Crippen LogP contribution >= 0.6 is 11.3 Å². The van der Waals surface area contributed by atoms with Crippen LogP contribution in [0.3, 0.4) is 0 Å². The van der Waals surface area contributed by atoms with Gasteiger partial charge < -0.3 is 4.90 Å². The number of aryl methyl sites for hydroxylation is 2. The Kier molecular flexibility index (Phi) is 6.18. The van der Waals surface area contributed by atoms with E-state index in [1.807, 2.05) is 11.8 Å². The molecule has 0 saturated carbocycles.